The number of aliphatic hydroxyl groups is 1. The average molecular weight is 214 g/mol. The van der Waals surface area contributed by atoms with E-state index in [2.05, 4.69) is 5.32 Å². The van der Waals surface area contributed by atoms with Gasteiger partial charge in [0, 0.05) is 20.1 Å². The molecule has 2 atom stereocenters. The summed E-state index contributed by atoms with van der Waals surface area (Å²) in [5, 5.41) is 12.4. The van der Waals surface area contributed by atoms with Gasteiger partial charge in [-0.05, 0) is 33.2 Å². The molecule has 1 aliphatic heterocycles. The van der Waals surface area contributed by atoms with Gasteiger partial charge in [-0.3, -0.25) is 4.79 Å². The molecule has 1 heterocycles. The molecule has 0 aliphatic carbocycles. The van der Waals surface area contributed by atoms with Crippen molar-refractivity contribution in [2.45, 2.75) is 32.8 Å². The van der Waals surface area contributed by atoms with E-state index in [-0.39, 0.29) is 17.4 Å². The van der Waals surface area contributed by atoms with Crippen LogP contribution in [0.1, 0.15) is 26.7 Å². The molecule has 0 aromatic rings. The predicted octanol–water partition coefficient (Wildman–Crippen LogP) is 0.215. The zero-order chi connectivity index (χ0) is 11.5. The first-order chi connectivity index (χ1) is 6.96. The first-order valence-electron chi connectivity index (χ1n) is 5.60. The summed E-state index contributed by atoms with van der Waals surface area (Å²) < 4.78 is 0. The molecule has 0 bridgehead atoms. The Balaban J connectivity index is 2.44. The second kappa shape index (κ2) is 4.94. The molecule has 15 heavy (non-hydrogen) atoms. The first kappa shape index (κ1) is 12.5. The van der Waals surface area contributed by atoms with Crippen LogP contribution in [0.3, 0.4) is 0 Å². The molecule has 4 heteroatoms. The van der Waals surface area contributed by atoms with Crippen LogP contribution in [0.25, 0.3) is 0 Å². The quantitative estimate of drug-likeness (QED) is 0.703. The van der Waals surface area contributed by atoms with Crippen LogP contribution < -0.4 is 5.32 Å². The SMILES string of the molecule is CC(O)CCN(C)C(=O)C1(C)CCNC1. The summed E-state index contributed by atoms with van der Waals surface area (Å²) in [6, 6.07) is 0. The van der Waals surface area contributed by atoms with Crippen LogP contribution in [0.15, 0.2) is 0 Å². The molecule has 4 nitrogen and oxygen atoms in total. The van der Waals surface area contributed by atoms with E-state index in [1.54, 1.807) is 11.8 Å². The van der Waals surface area contributed by atoms with Crippen molar-refractivity contribution in [3.8, 4) is 0 Å². The molecule has 1 fully saturated rings. The van der Waals surface area contributed by atoms with Gasteiger partial charge in [0.25, 0.3) is 0 Å². The summed E-state index contributed by atoms with van der Waals surface area (Å²) in [5.41, 5.74) is -0.243. The maximum atomic E-state index is 12.1. The van der Waals surface area contributed by atoms with Crippen molar-refractivity contribution in [1.29, 1.82) is 0 Å². The number of carbonyl (C=O) groups is 1. The van der Waals surface area contributed by atoms with Crippen LogP contribution in [0.2, 0.25) is 0 Å². The maximum absolute atomic E-state index is 12.1. The number of amides is 1. The smallest absolute Gasteiger partial charge is 0.229 e. The molecule has 1 aliphatic rings. The van der Waals surface area contributed by atoms with Gasteiger partial charge in [-0.15, -0.1) is 0 Å². The number of nitrogens with zero attached hydrogens (tertiary/aromatic N) is 1. The summed E-state index contributed by atoms with van der Waals surface area (Å²) in [6.45, 7) is 6.08. The highest BCUT2D eigenvalue weighted by Crippen LogP contribution is 2.26. The summed E-state index contributed by atoms with van der Waals surface area (Å²) >= 11 is 0. The minimum atomic E-state index is -0.338. The highest BCUT2D eigenvalue weighted by Gasteiger charge is 2.37. The Morgan fingerprint density at radius 1 is 1.67 bits per heavy atom. The molecule has 2 N–H and O–H groups in total. The lowest BCUT2D eigenvalue weighted by molar-refractivity contribution is -0.139. The molecule has 1 rings (SSSR count). The van der Waals surface area contributed by atoms with Gasteiger partial charge in [-0.2, -0.15) is 0 Å². The third-order valence-corrected chi connectivity index (χ3v) is 3.11. The zero-order valence-corrected chi connectivity index (χ0v) is 9.92. The summed E-state index contributed by atoms with van der Waals surface area (Å²) in [4.78, 5) is 13.8. The molecular formula is C11H22N2O2. The number of rotatable bonds is 4. The largest absolute Gasteiger partial charge is 0.393 e. The molecule has 1 saturated heterocycles. The van der Waals surface area contributed by atoms with Gasteiger partial charge in [0.2, 0.25) is 5.91 Å². The molecular weight excluding hydrogens is 192 g/mol. The van der Waals surface area contributed by atoms with E-state index in [1.165, 1.54) is 0 Å². The fourth-order valence-electron chi connectivity index (χ4n) is 1.94. The van der Waals surface area contributed by atoms with Crippen molar-refractivity contribution < 1.29 is 9.90 Å². The van der Waals surface area contributed by atoms with E-state index in [9.17, 15) is 4.79 Å². The number of nitrogens with one attached hydrogen (secondary N) is 1. The Hall–Kier alpha value is -0.610. The van der Waals surface area contributed by atoms with E-state index in [4.69, 9.17) is 5.11 Å². The molecule has 0 spiro atoms. The van der Waals surface area contributed by atoms with Crippen molar-refractivity contribution >= 4 is 5.91 Å². The molecule has 88 valence electrons. The third-order valence-electron chi connectivity index (χ3n) is 3.11. The minimum absolute atomic E-state index is 0.188. The second-order valence-electron chi connectivity index (χ2n) is 4.85. The Kier molecular flexibility index (Phi) is 4.11. The molecule has 0 aromatic carbocycles. The Bertz CT molecular complexity index is 223. The van der Waals surface area contributed by atoms with Crippen LogP contribution in [0.5, 0.6) is 0 Å². The highest BCUT2D eigenvalue weighted by atomic mass is 16.3. The molecule has 1 amide bonds. The lowest BCUT2D eigenvalue weighted by atomic mass is 9.88. The number of hydrogen-bond donors (Lipinski definition) is 2. The summed E-state index contributed by atoms with van der Waals surface area (Å²) in [5.74, 6) is 0.188. The number of carbonyl (C=O) groups excluding carboxylic acids is 1. The van der Waals surface area contributed by atoms with Gasteiger partial charge in [0.15, 0.2) is 0 Å². The summed E-state index contributed by atoms with van der Waals surface area (Å²) in [7, 11) is 1.81. The average Bonchev–Trinajstić information content (AvgIpc) is 2.61. The van der Waals surface area contributed by atoms with Crippen LogP contribution in [0, 0.1) is 5.41 Å². The zero-order valence-electron chi connectivity index (χ0n) is 9.92. The lowest BCUT2D eigenvalue weighted by Crippen LogP contribution is -2.42. The molecule has 2 unspecified atom stereocenters. The normalized spacial score (nSPS) is 27.7. The lowest BCUT2D eigenvalue weighted by Gasteiger charge is -2.28. The van der Waals surface area contributed by atoms with Crippen molar-refractivity contribution in [2.75, 3.05) is 26.7 Å². The Morgan fingerprint density at radius 3 is 2.80 bits per heavy atom. The van der Waals surface area contributed by atoms with E-state index in [0.717, 1.165) is 19.5 Å². The fraction of sp³-hybridized carbons (Fsp3) is 0.909. The molecule has 0 aromatic heterocycles. The fourth-order valence-corrected chi connectivity index (χ4v) is 1.94. The highest BCUT2D eigenvalue weighted by molar-refractivity contribution is 5.82. The van der Waals surface area contributed by atoms with E-state index >= 15 is 0 Å². The number of aliphatic hydroxyl groups excluding tert-OH is 1. The monoisotopic (exact) mass is 214 g/mol. The van der Waals surface area contributed by atoms with E-state index in [1.807, 2.05) is 14.0 Å². The minimum Gasteiger partial charge on any atom is -0.393 e. The van der Waals surface area contributed by atoms with Crippen molar-refractivity contribution in [3.63, 3.8) is 0 Å². The van der Waals surface area contributed by atoms with Gasteiger partial charge in [-0.1, -0.05) is 0 Å². The van der Waals surface area contributed by atoms with Crippen LogP contribution in [0.4, 0.5) is 0 Å². The predicted molar refractivity (Wildman–Crippen MR) is 59.5 cm³/mol. The molecule has 0 saturated carbocycles. The van der Waals surface area contributed by atoms with Crippen LogP contribution in [-0.4, -0.2) is 48.7 Å². The first-order valence-corrected chi connectivity index (χ1v) is 5.60. The van der Waals surface area contributed by atoms with Crippen molar-refractivity contribution in [3.05, 3.63) is 0 Å². The van der Waals surface area contributed by atoms with Gasteiger partial charge >= 0.3 is 0 Å². The standard InChI is InChI=1S/C11H22N2O2/c1-9(14)4-7-13(3)10(15)11(2)5-6-12-8-11/h9,12,14H,4-8H2,1-3H3. The van der Waals surface area contributed by atoms with Crippen molar-refractivity contribution in [1.82, 2.24) is 10.2 Å². The topological polar surface area (TPSA) is 52.6 Å². The van der Waals surface area contributed by atoms with Gasteiger partial charge < -0.3 is 15.3 Å². The molecule has 0 radical (unpaired) electrons. The van der Waals surface area contributed by atoms with E-state index in [0.29, 0.717) is 13.0 Å². The Labute approximate surface area is 91.6 Å². The maximum Gasteiger partial charge on any atom is 0.229 e. The van der Waals surface area contributed by atoms with E-state index < -0.39 is 0 Å². The number of hydrogen-bond acceptors (Lipinski definition) is 3. The third kappa shape index (κ3) is 3.18. The van der Waals surface area contributed by atoms with Gasteiger partial charge in [0.05, 0.1) is 11.5 Å². The van der Waals surface area contributed by atoms with Gasteiger partial charge in [-0.25, -0.2) is 0 Å². The van der Waals surface area contributed by atoms with Gasteiger partial charge in [0.1, 0.15) is 0 Å². The van der Waals surface area contributed by atoms with Crippen molar-refractivity contribution in [2.24, 2.45) is 5.41 Å². The van der Waals surface area contributed by atoms with Crippen LogP contribution >= 0.6 is 0 Å². The second-order valence-corrected chi connectivity index (χ2v) is 4.85. The summed E-state index contributed by atoms with van der Waals surface area (Å²) in [6.07, 6.45) is 1.21. The Morgan fingerprint density at radius 2 is 2.33 bits per heavy atom. The van der Waals surface area contributed by atoms with Crippen LogP contribution in [-0.2, 0) is 4.79 Å².